The van der Waals surface area contributed by atoms with Gasteiger partial charge in [-0.1, -0.05) is 11.3 Å². The molecule has 6 atom stereocenters. The molecule has 3 aromatic rings. The number of nitrogens with one attached hydrogen (secondary N) is 2. The number of nitrogens with zero attached hydrogens (tertiary/aromatic N) is 4. The number of H-pyrrole nitrogens is 1. The van der Waals surface area contributed by atoms with Gasteiger partial charge in [0.25, 0.3) is 0 Å². The van der Waals surface area contributed by atoms with Crippen molar-refractivity contribution in [2.24, 2.45) is 0 Å². The number of aliphatic hydroxyl groups is 3. The highest BCUT2D eigenvalue weighted by Crippen LogP contribution is 2.43. The predicted octanol–water partition coefficient (Wildman–Crippen LogP) is -0.195. The van der Waals surface area contributed by atoms with Gasteiger partial charge in [0.05, 0.1) is 25.4 Å². The predicted molar refractivity (Wildman–Crippen MR) is 110 cm³/mol. The molecule has 0 spiro atoms. The van der Waals surface area contributed by atoms with Crippen LogP contribution in [0.25, 0.3) is 11.2 Å². The van der Waals surface area contributed by atoms with Crippen LogP contribution in [-0.4, -0.2) is 77.8 Å². The van der Waals surface area contributed by atoms with E-state index in [1.807, 2.05) is 0 Å². The van der Waals surface area contributed by atoms with Crippen molar-refractivity contribution in [3.05, 3.63) is 45.9 Å². The first-order valence-electron chi connectivity index (χ1n) is 10.5. The van der Waals surface area contributed by atoms with Crippen LogP contribution in [0.3, 0.4) is 0 Å². The van der Waals surface area contributed by atoms with Gasteiger partial charge in [-0.3, -0.25) is 4.98 Å². The summed E-state index contributed by atoms with van der Waals surface area (Å²) in [6, 6.07) is 2.87. The van der Waals surface area contributed by atoms with E-state index in [1.54, 1.807) is 0 Å². The molecule has 33 heavy (non-hydrogen) atoms. The van der Waals surface area contributed by atoms with Crippen LogP contribution in [0, 0.1) is 11.6 Å². The Morgan fingerprint density at radius 2 is 2.03 bits per heavy atom. The monoisotopic (exact) mass is 464 g/mol. The fraction of sp³-hybridized carbons (Fsp3) is 0.500. The molecule has 0 saturated heterocycles. The molecule has 5 rings (SSSR count). The molecule has 0 unspecified atom stereocenters. The van der Waals surface area contributed by atoms with Crippen LogP contribution in [0.4, 0.5) is 14.6 Å². The van der Waals surface area contributed by atoms with Gasteiger partial charge in [-0.05, 0) is 24.1 Å². The molecule has 0 amide bonds. The number of benzene rings is 1. The second-order valence-electron chi connectivity index (χ2n) is 8.31. The Morgan fingerprint density at radius 1 is 1.21 bits per heavy atom. The van der Waals surface area contributed by atoms with Crippen molar-refractivity contribution in [3.8, 4) is 0 Å². The highest BCUT2D eigenvalue weighted by atomic mass is 19.2. The summed E-state index contributed by atoms with van der Waals surface area (Å²) in [7, 11) is 0. The molecule has 176 valence electrons. The van der Waals surface area contributed by atoms with Gasteiger partial charge in [-0.15, -0.1) is 5.10 Å². The molecule has 0 radical (unpaired) electrons. The van der Waals surface area contributed by atoms with Crippen molar-refractivity contribution >= 4 is 17.0 Å². The smallest absolute Gasteiger partial charge is 0.348 e. The largest absolute Gasteiger partial charge is 0.394 e. The number of anilines is 1. The number of hydrogen-bond donors (Lipinski definition) is 5. The zero-order chi connectivity index (χ0) is 23.3. The zero-order valence-corrected chi connectivity index (χ0v) is 17.2. The third-order valence-electron chi connectivity index (χ3n) is 6.17. The second-order valence-corrected chi connectivity index (χ2v) is 8.31. The molecule has 2 aliphatic carbocycles. The van der Waals surface area contributed by atoms with Crippen LogP contribution < -0.4 is 11.0 Å². The van der Waals surface area contributed by atoms with E-state index in [4.69, 9.17) is 9.84 Å². The SMILES string of the molecule is O=c1nc2c(nnn2[C@@H]2C[C@H](OCCO)[C@@H](O)[C@H]2O)c(N[C@@H]2C[C@H]2c2ccc(F)c(F)c2)[nH]1. The summed E-state index contributed by atoms with van der Waals surface area (Å²) in [6.07, 6.45) is -2.35. The minimum absolute atomic E-state index is 0.00572. The van der Waals surface area contributed by atoms with Gasteiger partial charge in [-0.25, -0.2) is 18.3 Å². The molecule has 2 aromatic heterocycles. The molecular formula is C20H22F2N6O5. The van der Waals surface area contributed by atoms with E-state index in [0.29, 0.717) is 12.0 Å². The molecule has 2 aliphatic rings. The van der Waals surface area contributed by atoms with Gasteiger partial charge in [0, 0.05) is 18.4 Å². The number of ether oxygens (including phenoxy) is 1. The average Bonchev–Trinajstić information content (AvgIpc) is 3.34. The van der Waals surface area contributed by atoms with E-state index in [0.717, 1.165) is 12.1 Å². The molecule has 0 aliphatic heterocycles. The van der Waals surface area contributed by atoms with E-state index < -0.39 is 41.7 Å². The maximum Gasteiger partial charge on any atom is 0.348 e. The molecule has 2 fully saturated rings. The van der Waals surface area contributed by atoms with Crippen molar-refractivity contribution in [3.63, 3.8) is 0 Å². The van der Waals surface area contributed by atoms with Gasteiger partial charge in [0.2, 0.25) is 0 Å². The summed E-state index contributed by atoms with van der Waals surface area (Å²) in [5.74, 6) is -1.63. The van der Waals surface area contributed by atoms with E-state index in [2.05, 4.69) is 25.6 Å². The first kappa shape index (κ1) is 21.8. The third-order valence-corrected chi connectivity index (χ3v) is 6.17. The normalized spacial score (nSPS) is 29.0. The summed E-state index contributed by atoms with van der Waals surface area (Å²) in [4.78, 5) is 18.7. The Morgan fingerprint density at radius 3 is 2.79 bits per heavy atom. The number of aliphatic hydroxyl groups excluding tert-OH is 3. The van der Waals surface area contributed by atoms with Crippen molar-refractivity contribution in [1.29, 1.82) is 0 Å². The quantitative estimate of drug-likeness (QED) is 0.319. The summed E-state index contributed by atoms with van der Waals surface area (Å²) < 4.78 is 33.4. The Labute approximate surface area is 185 Å². The highest BCUT2D eigenvalue weighted by Gasteiger charge is 2.45. The van der Waals surface area contributed by atoms with E-state index in [9.17, 15) is 23.8 Å². The van der Waals surface area contributed by atoms with Crippen molar-refractivity contribution in [2.45, 2.75) is 49.2 Å². The standard InChI is InChI=1S/C20H22F2N6O5/c21-10-2-1-8(5-11(10)22)9-6-12(9)23-18-15-19(25-20(32)24-18)28(27-26-15)13-7-14(33-4-3-29)17(31)16(13)30/h1-2,5,9,12-14,16-17,29-31H,3-4,6-7H2,(H2,23,24,25,32)/t9-,12+,13+,14-,16-,17+/m0/s1. The van der Waals surface area contributed by atoms with Crippen molar-refractivity contribution in [2.75, 3.05) is 18.5 Å². The number of hydrogen-bond acceptors (Lipinski definition) is 9. The summed E-state index contributed by atoms with van der Waals surface area (Å²) >= 11 is 0. The van der Waals surface area contributed by atoms with Crippen LogP contribution in [0.15, 0.2) is 23.0 Å². The van der Waals surface area contributed by atoms with Crippen LogP contribution in [-0.2, 0) is 4.74 Å². The van der Waals surface area contributed by atoms with Gasteiger partial charge in [0.15, 0.2) is 22.8 Å². The molecule has 13 heteroatoms. The lowest BCUT2D eigenvalue weighted by atomic mass is 10.1. The molecule has 2 saturated carbocycles. The Hall–Kier alpha value is -3.00. The molecule has 11 nitrogen and oxygen atoms in total. The maximum atomic E-state index is 13.6. The topological polar surface area (TPSA) is 158 Å². The van der Waals surface area contributed by atoms with Gasteiger partial charge < -0.3 is 25.4 Å². The van der Waals surface area contributed by atoms with E-state index in [1.165, 1.54) is 10.7 Å². The fourth-order valence-electron chi connectivity index (χ4n) is 4.40. The van der Waals surface area contributed by atoms with Crippen molar-refractivity contribution < 1.29 is 28.8 Å². The van der Waals surface area contributed by atoms with Gasteiger partial charge >= 0.3 is 5.69 Å². The Bertz CT molecular complexity index is 1240. The first-order valence-corrected chi connectivity index (χ1v) is 10.5. The Balaban J connectivity index is 1.39. The molecule has 1 aromatic carbocycles. The van der Waals surface area contributed by atoms with Crippen LogP contribution >= 0.6 is 0 Å². The maximum absolute atomic E-state index is 13.6. The molecular weight excluding hydrogens is 442 g/mol. The third kappa shape index (κ3) is 3.97. The first-order chi connectivity index (χ1) is 15.9. The number of aromatic amines is 1. The number of aromatic nitrogens is 5. The lowest BCUT2D eigenvalue weighted by molar-refractivity contribution is -0.0629. The van der Waals surface area contributed by atoms with Crippen LogP contribution in [0.5, 0.6) is 0 Å². The lowest BCUT2D eigenvalue weighted by Gasteiger charge is -2.17. The van der Waals surface area contributed by atoms with Crippen LogP contribution in [0.1, 0.15) is 30.4 Å². The lowest BCUT2D eigenvalue weighted by Crippen LogP contribution is -2.33. The molecule has 5 N–H and O–H groups in total. The number of rotatable bonds is 7. The van der Waals surface area contributed by atoms with E-state index >= 15 is 0 Å². The second kappa shape index (κ2) is 8.41. The van der Waals surface area contributed by atoms with Crippen LogP contribution in [0.2, 0.25) is 0 Å². The number of fused-ring (bicyclic) bond motifs is 1. The minimum atomic E-state index is -1.24. The fourth-order valence-corrected chi connectivity index (χ4v) is 4.40. The number of halogens is 2. The summed E-state index contributed by atoms with van der Waals surface area (Å²) in [5, 5.41) is 41.0. The molecule has 0 bridgehead atoms. The Kier molecular flexibility index (Phi) is 5.56. The van der Waals surface area contributed by atoms with E-state index in [-0.39, 0.29) is 48.6 Å². The minimum Gasteiger partial charge on any atom is -0.394 e. The zero-order valence-electron chi connectivity index (χ0n) is 17.2. The summed E-state index contributed by atoms with van der Waals surface area (Å²) in [6.45, 7) is -0.222. The summed E-state index contributed by atoms with van der Waals surface area (Å²) in [5.41, 5.74) is 0.344. The van der Waals surface area contributed by atoms with Crippen molar-refractivity contribution in [1.82, 2.24) is 25.0 Å². The highest BCUT2D eigenvalue weighted by molar-refractivity contribution is 5.82. The molecule has 2 heterocycles. The van der Waals surface area contributed by atoms with Gasteiger partial charge in [-0.2, -0.15) is 4.98 Å². The van der Waals surface area contributed by atoms with Gasteiger partial charge in [0.1, 0.15) is 18.0 Å². The average molecular weight is 464 g/mol.